The monoisotopic (exact) mass is 238 g/mol. The van der Waals surface area contributed by atoms with Gasteiger partial charge in [0.15, 0.2) is 0 Å². The van der Waals surface area contributed by atoms with Crippen molar-refractivity contribution in [3.05, 3.63) is 23.8 Å². The first-order valence-electron chi connectivity index (χ1n) is 3.61. The second-order valence-corrected chi connectivity index (χ2v) is 3.01. The predicted molar refractivity (Wildman–Crippen MR) is 47.3 cm³/mol. The van der Waals surface area contributed by atoms with E-state index in [1.807, 2.05) is 0 Å². The lowest BCUT2D eigenvalue weighted by atomic mass is 10.2. The van der Waals surface area contributed by atoms with Crippen molar-refractivity contribution in [2.45, 2.75) is 11.3 Å². The zero-order valence-electron chi connectivity index (χ0n) is 7.08. The summed E-state index contributed by atoms with van der Waals surface area (Å²) in [5.41, 5.74) is -0.187. The summed E-state index contributed by atoms with van der Waals surface area (Å²) in [7, 11) is 0. The van der Waals surface area contributed by atoms with Gasteiger partial charge in [-0.15, -0.1) is 25.8 Å². The second kappa shape index (κ2) is 4.01. The highest BCUT2D eigenvalue weighted by Crippen LogP contribution is 2.26. The van der Waals surface area contributed by atoms with E-state index in [0.29, 0.717) is 0 Å². The molecule has 15 heavy (non-hydrogen) atoms. The highest BCUT2D eigenvalue weighted by Gasteiger charge is 2.31. The first-order valence-corrected chi connectivity index (χ1v) is 4.06. The molecule has 1 N–H and O–H groups in total. The van der Waals surface area contributed by atoms with Crippen LogP contribution < -0.4 is 4.74 Å². The molecule has 1 rings (SSSR count). The smallest absolute Gasteiger partial charge is 0.478 e. The zero-order valence-corrected chi connectivity index (χ0v) is 7.97. The number of hydrogen-bond donors (Lipinski definition) is 2. The lowest BCUT2D eigenvalue weighted by Crippen LogP contribution is -2.17. The summed E-state index contributed by atoms with van der Waals surface area (Å²) in [6.45, 7) is 0. The Hall–Kier alpha value is -1.37. The molecule has 0 aromatic heterocycles. The Balaban J connectivity index is 2.97. The lowest BCUT2D eigenvalue weighted by Gasteiger charge is -2.09. The van der Waals surface area contributed by atoms with E-state index in [-0.39, 0.29) is 10.5 Å². The number of hydrogen-bond acceptors (Lipinski definition) is 3. The van der Waals surface area contributed by atoms with E-state index < -0.39 is 18.1 Å². The van der Waals surface area contributed by atoms with E-state index in [2.05, 4.69) is 17.4 Å². The molecule has 0 bridgehead atoms. The standard InChI is InChI=1S/C8H5F3O3S/c9-8(10,11)14-4-1-2-5(7(12)13)6(15)3-4/h1-3,15H,(H,12,13). The summed E-state index contributed by atoms with van der Waals surface area (Å²) >= 11 is 3.73. The lowest BCUT2D eigenvalue weighted by molar-refractivity contribution is -0.274. The molecule has 0 fully saturated rings. The van der Waals surface area contributed by atoms with E-state index in [1.54, 1.807) is 0 Å². The third kappa shape index (κ3) is 3.35. The topological polar surface area (TPSA) is 46.5 Å². The van der Waals surface area contributed by atoms with Crippen LogP contribution in [0.3, 0.4) is 0 Å². The minimum atomic E-state index is -4.80. The summed E-state index contributed by atoms with van der Waals surface area (Å²) in [5, 5.41) is 8.58. The highest BCUT2D eigenvalue weighted by atomic mass is 32.1. The normalized spacial score (nSPS) is 11.2. The van der Waals surface area contributed by atoms with Gasteiger partial charge >= 0.3 is 12.3 Å². The molecule has 0 aliphatic rings. The molecule has 0 unspecified atom stereocenters. The molecule has 1 aromatic rings. The van der Waals surface area contributed by atoms with Crippen LogP contribution in [0.4, 0.5) is 13.2 Å². The molecule has 0 saturated carbocycles. The molecule has 0 aliphatic carbocycles. The van der Waals surface area contributed by atoms with Crippen molar-refractivity contribution in [3.63, 3.8) is 0 Å². The summed E-state index contributed by atoms with van der Waals surface area (Å²) in [5.74, 6) is -1.77. The zero-order chi connectivity index (χ0) is 11.6. The van der Waals surface area contributed by atoms with Gasteiger partial charge in [0.2, 0.25) is 0 Å². The van der Waals surface area contributed by atoms with Gasteiger partial charge < -0.3 is 9.84 Å². The van der Waals surface area contributed by atoms with Gasteiger partial charge in [-0.25, -0.2) is 4.79 Å². The maximum Gasteiger partial charge on any atom is 0.573 e. The summed E-state index contributed by atoms with van der Waals surface area (Å²) in [6, 6.07) is 2.79. The molecule has 3 nitrogen and oxygen atoms in total. The quantitative estimate of drug-likeness (QED) is 0.778. The Morgan fingerprint density at radius 3 is 2.40 bits per heavy atom. The minimum Gasteiger partial charge on any atom is -0.478 e. The van der Waals surface area contributed by atoms with Gasteiger partial charge in [-0.05, 0) is 18.2 Å². The number of aromatic carboxylic acids is 1. The van der Waals surface area contributed by atoms with Crippen molar-refractivity contribution in [2.24, 2.45) is 0 Å². The summed E-state index contributed by atoms with van der Waals surface area (Å²) in [4.78, 5) is 10.4. The molecule has 1 aromatic carbocycles. The van der Waals surface area contributed by atoms with Crippen LogP contribution in [0.25, 0.3) is 0 Å². The van der Waals surface area contributed by atoms with Crippen molar-refractivity contribution < 1.29 is 27.8 Å². The predicted octanol–water partition coefficient (Wildman–Crippen LogP) is 2.57. The molecule has 0 spiro atoms. The van der Waals surface area contributed by atoms with E-state index in [0.717, 1.165) is 18.2 Å². The first kappa shape index (κ1) is 11.7. The van der Waals surface area contributed by atoms with E-state index in [4.69, 9.17) is 5.11 Å². The van der Waals surface area contributed by atoms with Crippen LogP contribution in [0.5, 0.6) is 5.75 Å². The number of carbonyl (C=O) groups is 1. The van der Waals surface area contributed by atoms with E-state index >= 15 is 0 Å². The van der Waals surface area contributed by atoms with Crippen molar-refractivity contribution in [1.29, 1.82) is 0 Å². The maximum absolute atomic E-state index is 11.8. The number of alkyl halides is 3. The SMILES string of the molecule is O=C(O)c1ccc(OC(F)(F)F)cc1S. The fourth-order valence-corrected chi connectivity index (χ4v) is 1.19. The Morgan fingerprint density at radius 1 is 1.40 bits per heavy atom. The fourth-order valence-electron chi connectivity index (χ4n) is 0.889. The average Bonchev–Trinajstić information content (AvgIpc) is 1.99. The minimum absolute atomic E-state index is 0.0933. The number of carboxylic acids is 1. The number of halogens is 3. The number of thiol groups is 1. The van der Waals surface area contributed by atoms with E-state index in [9.17, 15) is 18.0 Å². The largest absolute Gasteiger partial charge is 0.573 e. The average molecular weight is 238 g/mol. The molecule has 82 valence electrons. The van der Waals surface area contributed by atoms with Crippen LogP contribution in [0.2, 0.25) is 0 Å². The van der Waals surface area contributed by atoms with Crippen molar-refractivity contribution in [2.75, 3.05) is 0 Å². The van der Waals surface area contributed by atoms with Crippen molar-refractivity contribution >= 4 is 18.6 Å². The first-order chi connectivity index (χ1) is 6.79. The Labute approximate surface area is 87.9 Å². The van der Waals surface area contributed by atoms with Crippen LogP contribution >= 0.6 is 12.6 Å². The third-order valence-corrected chi connectivity index (χ3v) is 1.80. The number of benzene rings is 1. The molecular weight excluding hydrogens is 233 g/mol. The van der Waals surface area contributed by atoms with Crippen molar-refractivity contribution in [1.82, 2.24) is 0 Å². The highest BCUT2D eigenvalue weighted by molar-refractivity contribution is 7.80. The molecule has 0 atom stereocenters. The molecule has 0 aliphatic heterocycles. The molecule has 0 radical (unpaired) electrons. The molecular formula is C8H5F3O3S. The van der Waals surface area contributed by atoms with Gasteiger partial charge in [0, 0.05) is 4.90 Å². The van der Waals surface area contributed by atoms with Gasteiger partial charge in [0.1, 0.15) is 5.75 Å². The second-order valence-electron chi connectivity index (χ2n) is 2.53. The van der Waals surface area contributed by atoms with E-state index in [1.165, 1.54) is 0 Å². The van der Waals surface area contributed by atoms with Crippen LogP contribution in [-0.4, -0.2) is 17.4 Å². The summed E-state index contributed by atoms with van der Waals surface area (Å²) in [6.07, 6.45) is -4.80. The molecule has 0 amide bonds. The summed E-state index contributed by atoms with van der Waals surface area (Å²) < 4.78 is 38.9. The Bertz CT molecular complexity index is 389. The number of ether oxygens (including phenoxy) is 1. The van der Waals surface area contributed by atoms with Gasteiger partial charge in [-0.3, -0.25) is 0 Å². The van der Waals surface area contributed by atoms with Crippen LogP contribution in [0.15, 0.2) is 23.1 Å². The van der Waals surface area contributed by atoms with Gasteiger partial charge in [-0.2, -0.15) is 0 Å². The molecule has 0 heterocycles. The van der Waals surface area contributed by atoms with Crippen molar-refractivity contribution in [3.8, 4) is 5.75 Å². The van der Waals surface area contributed by atoms with Gasteiger partial charge in [0.25, 0.3) is 0 Å². The van der Waals surface area contributed by atoms with Gasteiger partial charge in [-0.1, -0.05) is 0 Å². The molecule has 0 saturated heterocycles. The van der Waals surface area contributed by atoms with Crippen LogP contribution in [0, 0.1) is 0 Å². The fraction of sp³-hybridized carbons (Fsp3) is 0.125. The number of carboxylic acid groups (broad SMARTS) is 1. The third-order valence-electron chi connectivity index (χ3n) is 1.43. The molecule has 7 heteroatoms. The maximum atomic E-state index is 11.8. The van der Waals surface area contributed by atoms with Crippen LogP contribution in [-0.2, 0) is 0 Å². The van der Waals surface area contributed by atoms with Crippen LogP contribution in [0.1, 0.15) is 10.4 Å². The Kier molecular flexibility index (Phi) is 3.13. The van der Waals surface area contributed by atoms with Gasteiger partial charge in [0.05, 0.1) is 5.56 Å². The Morgan fingerprint density at radius 2 is 2.00 bits per heavy atom. The number of rotatable bonds is 2.